The van der Waals surface area contributed by atoms with Gasteiger partial charge in [-0.3, -0.25) is 4.90 Å². The van der Waals surface area contributed by atoms with Crippen LogP contribution in [-0.2, 0) is 12.7 Å². The number of nitrogen functional groups attached to an aromatic ring is 1. The second-order valence-electron chi connectivity index (χ2n) is 5.58. The minimum Gasteiger partial charge on any atom is -0.375 e. The molecule has 0 bridgehead atoms. The zero-order chi connectivity index (χ0) is 16.6. The van der Waals surface area contributed by atoms with Crippen LogP contribution in [0.25, 0.3) is 11.3 Å². The number of likely N-dealkylation sites (tertiary alicyclic amines) is 1. The molecule has 1 aliphatic rings. The molecule has 2 heterocycles. The summed E-state index contributed by atoms with van der Waals surface area (Å²) in [7, 11) is 2.81. The van der Waals surface area contributed by atoms with Crippen LogP contribution in [0.15, 0.2) is 24.3 Å². The number of aromatic nitrogens is 1. The summed E-state index contributed by atoms with van der Waals surface area (Å²) in [4.78, 5) is 7.47. The number of anilines is 1. The number of nitrogens with two attached hydrogens (primary N) is 1. The van der Waals surface area contributed by atoms with E-state index in [0.717, 1.165) is 36.4 Å². The molecule has 2 aromatic rings. The van der Waals surface area contributed by atoms with Crippen molar-refractivity contribution in [3.05, 3.63) is 34.7 Å². The third kappa shape index (κ3) is 3.67. The van der Waals surface area contributed by atoms with Gasteiger partial charge in [-0.2, -0.15) is 13.2 Å². The molecule has 0 amide bonds. The van der Waals surface area contributed by atoms with Crippen LogP contribution in [0.2, 0.25) is 0 Å². The molecule has 2 atom stereocenters. The number of hydrogen-bond acceptors (Lipinski definition) is 4. The maximum absolute atomic E-state index is 12.9. The zero-order valence-corrected chi connectivity index (χ0v) is 14.3. The first-order valence-corrected chi connectivity index (χ1v) is 8.75. The maximum atomic E-state index is 12.9. The van der Waals surface area contributed by atoms with Crippen LogP contribution in [0.5, 0.6) is 0 Å². The summed E-state index contributed by atoms with van der Waals surface area (Å²) in [5.74, 6) is 0.396. The molecule has 1 aromatic carbocycles. The van der Waals surface area contributed by atoms with E-state index in [-0.39, 0.29) is 0 Å². The van der Waals surface area contributed by atoms with Gasteiger partial charge >= 0.3 is 6.18 Å². The molecule has 0 aliphatic carbocycles. The Labute approximate surface area is 138 Å². The van der Waals surface area contributed by atoms with Crippen LogP contribution >= 0.6 is 20.6 Å². The second-order valence-corrected chi connectivity index (χ2v) is 7.47. The lowest BCUT2D eigenvalue weighted by Gasteiger charge is -2.20. The smallest absolute Gasteiger partial charge is 0.375 e. The Balaban J connectivity index is 1.94. The molecule has 1 aromatic heterocycles. The molecular weight excluding hydrogens is 342 g/mol. The van der Waals surface area contributed by atoms with Gasteiger partial charge in [-0.05, 0) is 31.5 Å². The third-order valence-corrected chi connectivity index (χ3v) is 5.56. The molecule has 3 rings (SSSR count). The lowest BCUT2D eigenvalue weighted by atomic mass is 10.1. The summed E-state index contributed by atoms with van der Waals surface area (Å²) in [6, 6.07) is 5.26. The summed E-state index contributed by atoms with van der Waals surface area (Å²) in [6.07, 6.45) is -2.13. The van der Waals surface area contributed by atoms with Gasteiger partial charge in [-0.25, -0.2) is 4.98 Å². The van der Waals surface area contributed by atoms with Gasteiger partial charge < -0.3 is 5.73 Å². The monoisotopic (exact) mass is 359 g/mol. The van der Waals surface area contributed by atoms with Crippen molar-refractivity contribution in [2.24, 2.45) is 0 Å². The average molecular weight is 359 g/mol. The molecular formula is C15H17F3N3PS. The maximum Gasteiger partial charge on any atom is 0.416 e. The first-order valence-electron chi connectivity index (χ1n) is 7.27. The number of hydrogen-bond donors (Lipinski definition) is 1. The molecule has 3 nitrogen and oxygen atoms in total. The highest BCUT2D eigenvalue weighted by atomic mass is 32.1. The number of benzene rings is 1. The minimum absolute atomic E-state index is 0.381. The van der Waals surface area contributed by atoms with Crippen LogP contribution in [0.3, 0.4) is 0 Å². The Bertz CT molecular complexity index is 702. The van der Waals surface area contributed by atoms with E-state index < -0.39 is 11.7 Å². The molecule has 1 unspecified atom stereocenters. The van der Waals surface area contributed by atoms with Crippen molar-refractivity contribution in [2.75, 3.05) is 12.3 Å². The van der Waals surface area contributed by atoms with Crippen LogP contribution in [0.1, 0.15) is 23.3 Å². The number of rotatable bonds is 3. The van der Waals surface area contributed by atoms with E-state index in [2.05, 4.69) is 19.1 Å². The van der Waals surface area contributed by atoms with Crippen molar-refractivity contribution in [2.45, 2.75) is 31.3 Å². The molecule has 0 radical (unpaired) electrons. The van der Waals surface area contributed by atoms with Gasteiger partial charge in [-0.15, -0.1) is 20.6 Å². The van der Waals surface area contributed by atoms with Crippen molar-refractivity contribution in [1.82, 2.24) is 9.88 Å². The molecule has 1 fully saturated rings. The molecule has 0 saturated carbocycles. The Morgan fingerprint density at radius 2 is 2.17 bits per heavy atom. The number of alkyl halides is 3. The Kier molecular flexibility index (Phi) is 4.63. The van der Waals surface area contributed by atoms with Crippen molar-refractivity contribution >= 4 is 25.7 Å². The minimum atomic E-state index is -4.36. The van der Waals surface area contributed by atoms with E-state index >= 15 is 0 Å². The number of halogens is 3. The van der Waals surface area contributed by atoms with Gasteiger partial charge in [0.25, 0.3) is 0 Å². The van der Waals surface area contributed by atoms with Crippen molar-refractivity contribution in [1.29, 1.82) is 0 Å². The van der Waals surface area contributed by atoms with E-state index in [1.807, 2.05) is 0 Å². The van der Waals surface area contributed by atoms with Gasteiger partial charge in [-0.1, -0.05) is 12.1 Å². The first-order chi connectivity index (χ1) is 10.8. The van der Waals surface area contributed by atoms with E-state index in [1.54, 1.807) is 6.07 Å². The van der Waals surface area contributed by atoms with Crippen molar-refractivity contribution in [3.8, 4) is 11.3 Å². The molecule has 124 valence electrons. The summed E-state index contributed by atoms with van der Waals surface area (Å²) >= 11 is 1.35. The van der Waals surface area contributed by atoms with Gasteiger partial charge in [0.2, 0.25) is 0 Å². The van der Waals surface area contributed by atoms with Gasteiger partial charge in [0.05, 0.1) is 11.3 Å². The molecule has 2 N–H and O–H groups in total. The zero-order valence-electron chi connectivity index (χ0n) is 12.3. The summed E-state index contributed by atoms with van der Waals surface area (Å²) in [5, 5.41) is 0.381. The van der Waals surface area contributed by atoms with Gasteiger partial charge in [0, 0.05) is 22.8 Å². The highest BCUT2D eigenvalue weighted by molar-refractivity contribution is 7.17. The largest absolute Gasteiger partial charge is 0.416 e. The average Bonchev–Trinajstić information content (AvgIpc) is 3.05. The van der Waals surface area contributed by atoms with Crippen LogP contribution in [0, 0.1) is 0 Å². The third-order valence-electron chi connectivity index (χ3n) is 3.94. The fourth-order valence-corrected chi connectivity index (χ4v) is 4.15. The quantitative estimate of drug-likeness (QED) is 0.835. The van der Waals surface area contributed by atoms with Crippen LogP contribution in [0.4, 0.5) is 18.3 Å². The normalized spacial score (nSPS) is 19.4. The summed E-state index contributed by atoms with van der Waals surface area (Å²) in [6.45, 7) is 1.64. The van der Waals surface area contributed by atoms with E-state index in [1.165, 1.54) is 17.4 Å². The van der Waals surface area contributed by atoms with E-state index in [0.29, 0.717) is 28.7 Å². The van der Waals surface area contributed by atoms with Crippen LogP contribution in [-0.4, -0.2) is 22.2 Å². The molecule has 23 heavy (non-hydrogen) atoms. The lowest BCUT2D eigenvalue weighted by molar-refractivity contribution is -0.137. The molecule has 1 saturated heterocycles. The van der Waals surface area contributed by atoms with Crippen LogP contribution < -0.4 is 5.73 Å². The summed E-state index contributed by atoms with van der Waals surface area (Å²) < 4.78 is 38.7. The Hall–Kier alpha value is -1.17. The van der Waals surface area contributed by atoms with Gasteiger partial charge in [0.15, 0.2) is 5.13 Å². The SMILES string of the molecule is Nc1nc(-c2cccc(C(F)(F)F)c2)c(CN2CCC[C@H]2P)s1. The standard InChI is InChI=1S/C15H17F3N3PS/c16-15(17,18)10-4-1-3-9(7-10)13-11(23-14(19)20-13)8-21-6-2-5-12(21)22/h1,3-4,7,12H,2,5-6,8,22H2,(H2,19,20)/t12-/m1/s1. The predicted octanol–water partition coefficient (Wildman–Crippen LogP) is 4.21. The number of nitrogens with zero attached hydrogens (tertiary/aromatic N) is 2. The lowest BCUT2D eigenvalue weighted by Crippen LogP contribution is -2.23. The second kappa shape index (κ2) is 6.38. The topological polar surface area (TPSA) is 42.1 Å². The van der Waals surface area contributed by atoms with E-state index in [9.17, 15) is 13.2 Å². The van der Waals surface area contributed by atoms with Crippen molar-refractivity contribution < 1.29 is 13.2 Å². The highest BCUT2D eigenvalue weighted by Gasteiger charge is 2.31. The highest BCUT2D eigenvalue weighted by Crippen LogP contribution is 2.36. The number of thiazole rings is 1. The van der Waals surface area contributed by atoms with E-state index in [4.69, 9.17) is 5.73 Å². The molecule has 8 heteroatoms. The summed E-state index contributed by atoms with van der Waals surface area (Å²) in [5.41, 5.74) is 6.16. The molecule has 0 spiro atoms. The van der Waals surface area contributed by atoms with Gasteiger partial charge in [0.1, 0.15) is 0 Å². The fourth-order valence-electron chi connectivity index (χ4n) is 2.78. The molecule has 1 aliphatic heterocycles. The fraction of sp³-hybridized carbons (Fsp3) is 0.400. The van der Waals surface area contributed by atoms with Crippen molar-refractivity contribution in [3.63, 3.8) is 0 Å². The Morgan fingerprint density at radius 3 is 2.83 bits per heavy atom. The first kappa shape index (κ1) is 16.7. The Morgan fingerprint density at radius 1 is 1.39 bits per heavy atom. The predicted molar refractivity (Wildman–Crippen MR) is 90.1 cm³/mol.